The summed E-state index contributed by atoms with van der Waals surface area (Å²) in [7, 11) is 0. The first-order chi connectivity index (χ1) is 7.36. The number of nitrogens with two attached hydrogens (primary N) is 1. The summed E-state index contributed by atoms with van der Waals surface area (Å²) in [4.78, 5) is 24.5. The van der Waals surface area contributed by atoms with Crippen LogP contribution in [0.4, 0.5) is 0 Å². The van der Waals surface area contributed by atoms with Gasteiger partial charge in [0.2, 0.25) is 5.91 Å². The number of carbonyl (C=O) groups excluding carboxylic acids is 2. The number of hydrogen-bond acceptors (Lipinski definition) is 4. The minimum absolute atomic E-state index is 0.0290. The van der Waals surface area contributed by atoms with Crippen LogP contribution in [-0.4, -0.2) is 42.5 Å². The Bertz CT molecular complexity index is 289. The molecule has 5 nitrogen and oxygen atoms in total. The van der Waals surface area contributed by atoms with E-state index in [4.69, 9.17) is 10.5 Å². The minimum Gasteiger partial charge on any atom is -0.466 e. The summed E-state index contributed by atoms with van der Waals surface area (Å²) in [5, 5.41) is 0. The Morgan fingerprint density at radius 1 is 1.50 bits per heavy atom. The van der Waals surface area contributed by atoms with Crippen LogP contribution in [0.3, 0.4) is 0 Å². The molecule has 1 atom stereocenters. The highest BCUT2D eigenvalue weighted by Crippen LogP contribution is 2.28. The quantitative estimate of drug-likeness (QED) is 0.550. The first-order valence-electron chi connectivity index (χ1n) is 5.56. The molecule has 0 aliphatic carbocycles. The minimum atomic E-state index is -0.467. The molecule has 0 aromatic heterocycles. The number of carbonyl (C=O) groups is 2. The van der Waals surface area contributed by atoms with Gasteiger partial charge in [-0.25, -0.2) is 0 Å². The standard InChI is InChI=1S/C11H20N2O3/c1-4-16-10(15)5-9(14)13-6-8(12)11(2,3)7-13/h8H,4-7,12H2,1-3H3. The maximum absolute atomic E-state index is 11.7. The van der Waals surface area contributed by atoms with E-state index >= 15 is 0 Å². The Hall–Kier alpha value is -1.10. The summed E-state index contributed by atoms with van der Waals surface area (Å²) >= 11 is 0. The lowest BCUT2D eigenvalue weighted by Crippen LogP contribution is -2.35. The third-order valence-corrected chi connectivity index (χ3v) is 2.97. The first-order valence-corrected chi connectivity index (χ1v) is 5.56. The molecule has 1 heterocycles. The lowest BCUT2D eigenvalue weighted by molar-refractivity contribution is -0.148. The number of hydrogen-bond donors (Lipinski definition) is 1. The van der Waals surface area contributed by atoms with Crippen LogP contribution in [0.15, 0.2) is 0 Å². The highest BCUT2D eigenvalue weighted by atomic mass is 16.5. The predicted molar refractivity (Wildman–Crippen MR) is 59.6 cm³/mol. The second kappa shape index (κ2) is 4.82. The average Bonchev–Trinajstić information content (AvgIpc) is 2.42. The van der Waals surface area contributed by atoms with Gasteiger partial charge >= 0.3 is 5.97 Å². The van der Waals surface area contributed by atoms with Gasteiger partial charge < -0.3 is 15.4 Å². The van der Waals surface area contributed by atoms with Gasteiger partial charge in [-0.15, -0.1) is 0 Å². The van der Waals surface area contributed by atoms with Crippen molar-refractivity contribution in [1.29, 1.82) is 0 Å². The molecule has 1 aliphatic heterocycles. The summed E-state index contributed by atoms with van der Waals surface area (Å²) in [6, 6.07) is -0.0290. The molecule has 0 aromatic carbocycles. The zero-order valence-electron chi connectivity index (χ0n) is 10.2. The van der Waals surface area contributed by atoms with Crippen LogP contribution in [0.2, 0.25) is 0 Å². The van der Waals surface area contributed by atoms with Gasteiger partial charge in [-0.05, 0) is 12.3 Å². The average molecular weight is 228 g/mol. The van der Waals surface area contributed by atoms with Gasteiger partial charge in [0.1, 0.15) is 6.42 Å². The zero-order valence-corrected chi connectivity index (χ0v) is 10.2. The number of nitrogens with zero attached hydrogens (tertiary/aromatic N) is 1. The molecule has 1 fully saturated rings. The van der Waals surface area contributed by atoms with Gasteiger partial charge in [-0.1, -0.05) is 13.8 Å². The molecule has 1 rings (SSSR count). The van der Waals surface area contributed by atoms with Crippen molar-refractivity contribution in [2.24, 2.45) is 11.1 Å². The predicted octanol–water partition coefficient (Wildman–Crippen LogP) is 0.135. The molecule has 1 aliphatic rings. The molecule has 0 spiro atoms. The first kappa shape index (κ1) is 13.0. The van der Waals surface area contributed by atoms with Gasteiger partial charge in [0.25, 0.3) is 0 Å². The van der Waals surface area contributed by atoms with E-state index in [0.29, 0.717) is 19.7 Å². The van der Waals surface area contributed by atoms with Crippen molar-refractivity contribution in [1.82, 2.24) is 4.90 Å². The number of likely N-dealkylation sites (tertiary alicyclic amines) is 1. The Kier molecular flexibility index (Phi) is 3.91. The fourth-order valence-electron chi connectivity index (χ4n) is 1.80. The summed E-state index contributed by atoms with van der Waals surface area (Å²) in [6.45, 7) is 7.19. The van der Waals surface area contributed by atoms with Crippen molar-refractivity contribution in [3.05, 3.63) is 0 Å². The van der Waals surface area contributed by atoms with Crippen LogP contribution in [0.5, 0.6) is 0 Å². The van der Waals surface area contributed by atoms with Crippen LogP contribution in [0.1, 0.15) is 27.2 Å². The van der Waals surface area contributed by atoms with Crippen molar-refractivity contribution >= 4 is 11.9 Å². The highest BCUT2D eigenvalue weighted by molar-refractivity contribution is 5.94. The smallest absolute Gasteiger partial charge is 0.315 e. The van der Waals surface area contributed by atoms with Crippen molar-refractivity contribution in [3.63, 3.8) is 0 Å². The lowest BCUT2D eigenvalue weighted by Gasteiger charge is -2.21. The molecule has 1 unspecified atom stereocenters. The molecule has 1 amide bonds. The zero-order chi connectivity index (χ0) is 12.3. The maximum Gasteiger partial charge on any atom is 0.315 e. The fraction of sp³-hybridized carbons (Fsp3) is 0.818. The van der Waals surface area contributed by atoms with E-state index < -0.39 is 5.97 Å². The highest BCUT2D eigenvalue weighted by Gasteiger charge is 2.39. The SMILES string of the molecule is CCOC(=O)CC(=O)N1CC(N)C(C)(C)C1. The van der Waals surface area contributed by atoms with Crippen LogP contribution in [-0.2, 0) is 14.3 Å². The molecule has 0 radical (unpaired) electrons. The monoisotopic (exact) mass is 228 g/mol. The van der Waals surface area contributed by atoms with Crippen LogP contribution >= 0.6 is 0 Å². The van der Waals surface area contributed by atoms with E-state index in [1.54, 1.807) is 11.8 Å². The lowest BCUT2D eigenvalue weighted by atomic mass is 9.89. The van der Waals surface area contributed by atoms with Gasteiger partial charge in [0.15, 0.2) is 0 Å². The molecule has 16 heavy (non-hydrogen) atoms. The van der Waals surface area contributed by atoms with E-state index in [1.165, 1.54) is 0 Å². The van der Waals surface area contributed by atoms with Crippen LogP contribution in [0.25, 0.3) is 0 Å². The molecular weight excluding hydrogens is 208 g/mol. The molecule has 92 valence electrons. The summed E-state index contributed by atoms with van der Waals surface area (Å²) in [5.74, 6) is -0.662. The van der Waals surface area contributed by atoms with Crippen molar-refractivity contribution in [2.45, 2.75) is 33.2 Å². The molecule has 5 heteroatoms. The molecule has 0 bridgehead atoms. The Labute approximate surface area is 95.9 Å². The van der Waals surface area contributed by atoms with Gasteiger partial charge in [0.05, 0.1) is 6.61 Å². The molecule has 0 aromatic rings. The van der Waals surface area contributed by atoms with Gasteiger partial charge in [0, 0.05) is 19.1 Å². The topological polar surface area (TPSA) is 72.6 Å². The van der Waals surface area contributed by atoms with Crippen LogP contribution in [0, 0.1) is 5.41 Å². The van der Waals surface area contributed by atoms with E-state index in [1.807, 2.05) is 13.8 Å². The summed E-state index contributed by atoms with van der Waals surface area (Å²) < 4.78 is 4.73. The number of ether oxygens (including phenoxy) is 1. The fourth-order valence-corrected chi connectivity index (χ4v) is 1.80. The van der Waals surface area contributed by atoms with Crippen molar-refractivity contribution < 1.29 is 14.3 Å². The molecule has 0 saturated carbocycles. The second-order valence-electron chi connectivity index (χ2n) is 4.85. The van der Waals surface area contributed by atoms with Crippen molar-refractivity contribution in [2.75, 3.05) is 19.7 Å². The van der Waals surface area contributed by atoms with E-state index in [9.17, 15) is 9.59 Å². The van der Waals surface area contributed by atoms with Gasteiger partial charge in [-0.3, -0.25) is 9.59 Å². The second-order valence-corrected chi connectivity index (χ2v) is 4.85. The van der Waals surface area contributed by atoms with Gasteiger partial charge in [-0.2, -0.15) is 0 Å². The molecule has 1 saturated heterocycles. The third-order valence-electron chi connectivity index (χ3n) is 2.97. The third kappa shape index (κ3) is 2.95. The molecular formula is C11H20N2O3. The van der Waals surface area contributed by atoms with E-state index in [2.05, 4.69) is 0 Å². The maximum atomic E-state index is 11.7. The Morgan fingerprint density at radius 2 is 2.12 bits per heavy atom. The molecule has 2 N–H and O–H groups in total. The summed E-state index contributed by atoms with van der Waals surface area (Å²) in [6.07, 6.45) is -0.184. The largest absolute Gasteiger partial charge is 0.466 e. The van der Waals surface area contributed by atoms with E-state index in [0.717, 1.165) is 0 Å². The number of rotatable bonds is 3. The van der Waals surface area contributed by atoms with Crippen molar-refractivity contribution in [3.8, 4) is 0 Å². The van der Waals surface area contributed by atoms with Crippen LogP contribution < -0.4 is 5.73 Å². The Morgan fingerprint density at radius 3 is 2.56 bits per heavy atom. The number of amides is 1. The summed E-state index contributed by atoms with van der Waals surface area (Å²) in [5.41, 5.74) is 5.84. The Balaban J connectivity index is 2.48. The normalized spacial score (nSPS) is 23.2. The number of esters is 1. The van der Waals surface area contributed by atoms with E-state index in [-0.39, 0.29) is 23.8 Å².